The number of fused-ring (bicyclic) bond motifs is 1. The van der Waals surface area contributed by atoms with Gasteiger partial charge in [0.05, 0.1) is 29.4 Å². The highest BCUT2D eigenvalue weighted by Gasteiger charge is 2.41. The van der Waals surface area contributed by atoms with Crippen molar-refractivity contribution in [2.45, 2.75) is 38.3 Å². The van der Waals surface area contributed by atoms with Gasteiger partial charge in [0.1, 0.15) is 17.4 Å². The van der Waals surface area contributed by atoms with E-state index in [1.165, 1.54) is 12.1 Å². The largest absolute Gasteiger partial charge is 0.453 e. The Labute approximate surface area is 190 Å². The van der Waals surface area contributed by atoms with Gasteiger partial charge in [-0.1, -0.05) is 6.07 Å². The molecule has 3 aromatic rings. The van der Waals surface area contributed by atoms with Gasteiger partial charge in [-0.15, -0.1) is 0 Å². The molecule has 0 saturated carbocycles. The van der Waals surface area contributed by atoms with Gasteiger partial charge in [-0.25, -0.2) is 9.37 Å². The maximum absolute atomic E-state index is 14.4. The molecule has 1 atom stereocenters. The molecule has 1 N–H and O–H groups in total. The summed E-state index contributed by atoms with van der Waals surface area (Å²) in [5.41, 5.74) is 1.03. The first-order valence-corrected chi connectivity index (χ1v) is 11.2. The van der Waals surface area contributed by atoms with E-state index in [1.807, 2.05) is 6.07 Å². The van der Waals surface area contributed by atoms with E-state index >= 15 is 0 Å². The third-order valence-electron chi connectivity index (χ3n) is 6.70. The summed E-state index contributed by atoms with van der Waals surface area (Å²) in [7, 11) is 0. The second-order valence-electron chi connectivity index (χ2n) is 8.98. The smallest absolute Gasteiger partial charge is 0.261 e. The zero-order valence-corrected chi connectivity index (χ0v) is 18.4. The van der Waals surface area contributed by atoms with Gasteiger partial charge in [0.2, 0.25) is 0 Å². The zero-order chi connectivity index (χ0) is 23.0. The summed E-state index contributed by atoms with van der Waals surface area (Å²) in [6.07, 6.45) is 4.50. The quantitative estimate of drug-likeness (QED) is 0.655. The number of piperidine rings is 1. The zero-order valence-electron chi connectivity index (χ0n) is 18.4. The van der Waals surface area contributed by atoms with Crippen molar-refractivity contribution in [1.29, 1.82) is 5.26 Å². The third kappa shape index (κ3) is 4.10. The van der Waals surface area contributed by atoms with Crippen LogP contribution in [0.15, 0.2) is 41.5 Å². The molecule has 7 nitrogen and oxygen atoms in total. The predicted octanol–water partition coefficient (Wildman–Crippen LogP) is 3.67. The van der Waals surface area contributed by atoms with Gasteiger partial charge in [-0.2, -0.15) is 5.26 Å². The number of hydrogen-bond acceptors (Lipinski definition) is 6. The number of rotatable bonds is 4. The van der Waals surface area contributed by atoms with Gasteiger partial charge in [-0.3, -0.25) is 9.36 Å². The molecule has 33 heavy (non-hydrogen) atoms. The van der Waals surface area contributed by atoms with Gasteiger partial charge in [0, 0.05) is 12.5 Å². The van der Waals surface area contributed by atoms with Gasteiger partial charge in [0.15, 0.2) is 11.6 Å². The first-order valence-electron chi connectivity index (χ1n) is 11.2. The van der Waals surface area contributed by atoms with Crippen molar-refractivity contribution < 1.29 is 13.9 Å². The average molecular weight is 448 g/mol. The monoisotopic (exact) mass is 448 g/mol. The average Bonchev–Trinajstić information content (AvgIpc) is 3.20. The first-order chi connectivity index (χ1) is 16.0. The van der Waals surface area contributed by atoms with Crippen LogP contribution in [-0.4, -0.2) is 34.8 Å². The second-order valence-corrected chi connectivity index (χ2v) is 8.98. The first kappa shape index (κ1) is 21.6. The molecule has 2 aliphatic rings. The van der Waals surface area contributed by atoms with E-state index in [0.29, 0.717) is 29.6 Å². The number of aryl methyl sites for hydroxylation is 1. The van der Waals surface area contributed by atoms with Crippen LogP contribution in [0.1, 0.15) is 30.4 Å². The summed E-state index contributed by atoms with van der Waals surface area (Å²) in [6, 6.07) is 9.63. The van der Waals surface area contributed by atoms with Gasteiger partial charge in [0.25, 0.3) is 5.56 Å². The van der Waals surface area contributed by atoms with E-state index in [4.69, 9.17) is 9.47 Å². The lowest BCUT2D eigenvalue weighted by atomic mass is 9.86. The Morgan fingerprint density at radius 1 is 1.33 bits per heavy atom. The SMILES string of the molecule is Cc1ccc(F)c(Oc2ccc3ncn(C[C@H]4COC5(CCNCC5)C4)c(=O)c3c2)c1C#N. The highest BCUT2D eigenvalue weighted by atomic mass is 19.1. The number of hydrogen-bond donors (Lipinski definition) is 1. The number of ether oxygens (including phenoxy) is 2. The van der Waals surface area contributed by atoms with Crippen LogP contribution in [-0.2, 0) is 11.3 Å². The van der Waals surface area contributed by atoms with E-state index in [1.54, 1.807) is 36.0 Å². The third-order valence-corrected chi connectivity index (χ3v) is 6.70. The molecule has 2 aliphatic heterocycles. The Morgan fingerprint density at radius 2 is 2.15 bits per heavy atom. The van der Waals surface area contributed by atoms with Crippen LogP contribution in [0.3, 0.4) is 0 Å². The Balaban J connectivity index is 1.41. The van der Waals surface area contributed by atoms with Crippen molar-refractivity contribution in [1.82, 2.24) is 14.9 Å². The number of halogens is 1. The summed E-state index contributed by atoms with van der Waals surface area (Å²) in [4.78, 5) is 17.7. The van der Waals surface area contributed by atoms with Crippen molar-refractivity contribution in [2.75, 3.05) is 19.7 Å². The van der Waals surface area contributed by atoms with Crippen LogP contribution in [0, 0.1) is 30.0 Å². The topological polar surface area (TPSA) is 89.2 Å². The molecule has 0 aliphatic carbocycles. The fourth-order valence-corrected chi connectivity index (χ4v) is 4.91. The van der Waals surface area contributed by atoms with Crippen LogP contribution in [0.5, 0.6) is 11.5 Å². The molecule has 0 unspecified atom stereocenters. The number of nitrogens with zero attached hydrogens (tertiary/aromatic N) is 3. The fourth-order valence-electron chi connectivity index (χ4n) is 4.91. The standard InChI is InChI=1S/C25H25FN4O3/c1-16-2-4-21(26)23(20(16)12-27)33-18-3-5-22-19(10-18)24(31)30(15-29-22)13-17-11-25(32-14-17)6-8-28-9-7-25/h2-5,10,15,17,28H,6-9,11,13-14H2,1H3/t17-/m0/s1. The van der Waals surface area contributed by atoms with Crippen molar-refractivity contribution in [3.05, 3.63) is 64.0 Å². The van der Waals surface area contributed by atoms with E-state index < -0.39 is 5.82 Å². The Kier molecular flexibility index (Phi) is 5.60. The normalized spacial score (nSPS) is 19.6. The maximum Gasteiger partial charge on any atom is 0.261 e. The molecule has 8 heteroatoms. The summed E-state index contributed by atoms with van der Waals surface area (Å²) < 4.78 is 27.9. The summed E-state index contributed by atoms with van der Waals surface area (Å²) in [5, 5.41) is 13.2. The Hall–Kier alpha value is -3.28. The highest BCUT2D eigenvalue weighted by Crippen LogP contribution is 2.37. The van der Waals surface area contributed by atoms with Crippen molar-refractivity contribution in [2.24, 2.45) is 5.92 Å². The minimum atomic E-state index is -0.631. The molecule has 1 aromatic heterocycles. The van der Waals surface area contributed by atoms with E-state index in [9.17, 15) is 14.4 Å². The van der Waals surface area contributed by atoms with Gasteiger partial charge < -0.3 is 14.8 Å². The highest BCUT2D eigenvalue weighted by molar-refractivity contribution is 5.79. The van der Waals surface area contributed by atoms with E-state index in [0.717, 1.165) is 32.4 Å². The number of aromatic nitrogens is 2. The molecular weight excluding hydrogens is 423 g/mol. The van der Waals surface area contributed by atoms with Gasteiger partial charge in [-0.05, 0) is 69.1 Å². The summed E-state index contributed by atoms with van der Waals surface area (Å²) in [6.45, 7) is 4.81. The second kappa shape index (κ2) is 8.58. The fraction of sp³-hybridized carbons (Fsp3) is 0.400. The van der Waals surface area contributed by atoms with Gasteiger partial charge >= 0.3 is 0 Å². The molecule has 2 aromatic carbocycles. The summed E-state index contributed by atoms with van der Waals surface area (Å²) >= 11 is 0. The predicted molar refractivity (Wildman–Crippen MR) is 121 cm³/mol. The molecule has 2 fully saturated rings. The number of nitriles is 1. The number of benzene rings is 2. The molecule has 2 saturated heterocycles. The molecule has 3 heterocycles. The Bertz CT molecular complexity index is 1310. The molecule has 0 amide bonds. The molecule has 0 bridgehead atoms. The molecular formula is C25H25FN4O3. The van der Waals surface area contributed by atoms with Crippen molar-refractivity contribution in [3.8, 4) is 17.6 Å². The van der Waals surface area contributed by atoms with Crippen LogP contribution in [0.4, 0.5) is 4.39 Å². The lowest BCUT2D eigenvalue weighted by Gasteiger charge is -2.33. The Morgan fingerprint density at radius 3 is 2.94 bits per heavy atom. The van der Waals surface area contributed by atoms with Crippen molar-refractivity contribution >= 4 is 10.9 Å². The maximum atomic E-state index is 14.4. The van der Waals surface area contributed by atoms with Crippen LogP contribution in [0.25, 0.3) is 10.9 Å². The summed E-state index contributed by atoms with van der Waals surface area (Å²) in [5.74, 6) is -0.248. The van der Waals surface area contributed by atoms with Crippen LogP contribution >= 0.6 is 0 Å². The minimum absolute atomic E-state index is 0.0683. The lowest BCUT2D eigenvalue weighted by Crippen LogP contribution is -2.41. The minimum Gasteiger partial charge on any atom is -0.453 e. The van der Waals surface area contributed by atoms with Crippen LogP contribution < -0.4 is 15.6 Å². The molecule has 170 valence electrons. The molecule has 0 radical (unpaired) electrons. The lowest BCUT2D eigenvalue weighted by molar-refractivity contribution is -0.0197. The molecule has 5 rings (SSSR count). The number of nitrogens with one attached hydrogen (secondary N) is 1. The molecule has 1 spiro atoms. The van der Waals surface area contributed by atoms with E-state index in [2.05, 4.69) is 10.3 Å². The van der Waals surface area contributed by atoms with Crippen molar-refractivity contribution in [3.63, 3.8) is 0 Å². The van der Waals surface area contributed by atoms with Crippen LogP contribution in [0.2, 0.25) is 0 Å². The van der Waals surface area contributed by atoms with E-state index in [-0.39, 0.29) is 34.1 Å².